The maximum absolute atomic E-state index is 13.5. The van der Waals surface area contributed by atoms with Crippen LogP contribution in [0.2, 0.25) is 0 Å². The molecule has 4 atom stereocenters. The number of fused-ring (bicyclic) bond motifs is 3. The van der Waals surface area contributed by atoms with Crippen molar-refractivity contribution < 1.29 is 14.3 Å². The number of halogens is 1. The number of likely N-dealkylation sites (tertiary alicyclic amines) is 1. The van der Waals surface area contributed by atoms with Crippen molar-refractivity contribution in [1.29, 1.82) is 0 Å². The Balaban J connectivity index is 1.08. The molecular formula is C29H34FN3O2. The van der Waals surface area contributed by atoms with E-state index in [0.717, 1.165) is 64.1 Å². The Morgan fingerprint density at radius 3 is 2.54 bits per heavy atom. The summed E-state index contributed by atoms with van der Waals surface area (Å²) < 4.78 is 13.2. The van der Waals surface area contributed by atoms with Crippen LogP contribution in [0.3, 0.4) is 0 Å². The fraction of sp³-hybridized carbons (Fsp3) is 0.483. The van der Waals surface area contributed by atoms with Crippen molar-refractivity contribution in [3.63, 3.8) is 0 Å². The van der Waals surface area contributed by atoms with Crippen LogP contribution in [0.4, 0.5) is 10.1 Å². The van der Waals surface area contributed by atoms with E-state index in [1.807, 2.05) is 17.0 Å². The van der Waals surface area contributed by atoms with Gasteiger partial charge in [-0.1, -0.05) is 43.2 Å². The maximum atomic E-state index is 13.5. The first-order valence-corrected chi connectivity index (χ1v) is 13.1. The molecule has 2 saturated heterocycles. The topological polar surface area (TPSA) is 47.0 Å². The lowest BCUT2D eigenvalue weighted by Gasteiger charge is -2.37. The number of hydrogen-bond donors (Lipinski definition) is 1. The summed E-state index contributed by atoms with van der Waals surface area (Å²) >= 11 is 0. The normalized spacial score (nSPS) is 31.0. The van der Waals surface area contributed by atoms with Gasteiger partial charge in [0.25, 0.3) is 0 Å². The largest absolute Gasteiger partial charge is 0.391 e. The van der Waals surface area contributed by atoms with Gasteiger partial charge in [-0.3, -0.25) is 9.69 Å². The molecule has 2 unspecified atom stereocenters. The minimum Gasteiger partial charge on any atom is -0.391 e. The van der Waals surface area contributed by atoms with Crippen LogP contribution in [-0.2, 0) is 4.79 Å². The Morgan fingerprint density at radius 2 is 1.77 bits per heavy atom. The molecule has 6 rings (SSSR count). The van der Waals surface area contributed by atoms with Crippen molar-refractivity contribution in [1.82, 2.24) is 9.80 Å². The van der Waals surface area contributed by atoms with Crippen molar-refractivity contribution in [2.24, 2.45) is 11.8 Å². The number of carbonyl (C=O) groups is 1. The predicted octanol–water partition coefficient (Wildman–Crippen LogP) is 3.69. The highest BCUT2D eigenvalue weighted by atomic mass is 19.1. The summed E-state index contributed by atoms with van der Waals surface area (Å²) in [6.45, 7) is 5.35. The number of aliphatic hydroxyl groups is 1. The third kappa shape index (κ3) is 4.38. The van der Waals surface area contributed by atoms with E-state index >= 15 is 0 Å². The van der Waals surface area contributed by atoms with E-state index in [4.69, 9.17) is 0 Å². The second-order valence-corrected chi connectivity index (χ2v) is 10.6. The van der Waals surface area contributed by atoms with E-state index in [1.165, 1.54) is 28.9 Å². The molecule has 2 aliphatic heterocycles. The van der Waals surface area contributed by atoms with Crippen molar-refractivity contribution in [3.8, 4) is 0 Å². The Kier molecular flexibility index (Phi) is 6.11. The van der Waals surface area contributed by atoms with Gasteiger partial charge < -0.3 is 14.9 Å². The molecule has 0 radical (unpaired) electrons. The van der Waals surface area contributed by atoms with Gasteiger partial charge in [-0.2, -0.15) is 0 Å². The van der Waals surface area contributed by atoms with Gasteiger partial charge in [-0.15, -0.1) is 0 Å². The van der Waals surface area contributed by atoms with Crippen LogP contribution in [0.1, 0.15) is 25.7 Å². The fourth-order valence-electron chi connectivity index (χ4n) is 6.52. The fourth-order valence-corrected chi connectivity index (χ4v) is 6.52. The van der Waals surface area contributed by atoms with Gasteiger partial charge in [-0.25, -0.2) is 4.39 Å². The molecule has 184 valence electrons. The van der Waals surface area contributed by atoms with Crippen LogP contribution in [0.15, 0.2) is 71.4 Å². The van der Waals surface area contributed by atoms with Gasteiger partial charge in [0, 0.05) is 50.9 Å². The predicted molar refractivity (Wildman–Crippen MR) is 135 cm³/mol. The SMILES string of the molecule is O=C1C2C(=CC=C3C=C(CN4CCN(c5ccc(F)cc5)CC4)C=CC32)CN1[C@H]1CCCC[C@@H]1O. The van der Waals surface area contributed by atoms with Crippen LogP contribution in [0.25, 0.3) is 0 Å². The van der Waals surface area contributed by atoms with E-state index in [-0.39, 0.29) is 29.6 Å². The lowest BCUT2D eigenvalue weighted by molar-refractivity contribution is -0.136. The summed E-state index contributed by atoms with van der Waals surface area (Å²) in [6, 6.07) is 6.74. The maximum Gasteiger partial charge on any atom is 0.231 e. The Hall–Kier alpha value is -2.70. The molecule has 2 heterocycles. The lowest BCUT2D eigenvalue weighted by atomic mass is 9.75. The van der Waals surface area contributed by atoms with E-state index in [2.05, 4.69) is 40.2 Å². The molecule has 1 N–H and O–H groups in total. The van der Waals surface area contributed by atoms with E-state index in [0.29, 0.717) is 6.54 Å². The minimum absolute atomic E-state index is 0.0292. The van der Waals surface area contributed by atoms with Crippen LogP contribution in [-0.4, -0.2) is 72.2 Å². The summed E-state index contributed by atoms with van der Waals surface area (Å²) in [6.07, 6.45) is 14.5. The summed E-state index contributed by atoms with van der Waals surface area (Å²) in [7, 11) is 0. The highest BCUT2D eigenvalue weighted by Crippen LogP contribution is 2.43. The first-order chi connectivity index (χ1) is 17.1. The molecule has 1 saturated carbocycles. The summed E-state index contributed by atoms with van der Waals surface area (Å²) in [5.41, 5.74) is 4.78. The molecule has 0 spiro atoms. The van der Waals surface area contributed by atoms with Crippen molar-refractivity contribution in [2.45, 2.75) is 37.8 Å². The molecule has 0 aromatic heterocycles. The summed E-state index contributed by atoms with van der Waals surface area (Å²) in [4.78, 5) is 20.2. The number of piperazine rings is 1. The number of amides is 1. The van der Waals surface area contributed by atoms with E-state index in [1.54, 1.807) is 0 Å². The van der Waals surface area contributed by atoms with Gasteiger partial charge in [0.1, 0.15) is 5.82 Å². The molecular weight excluding hydrogens is 441 g/mol. The van der Waals surface area contributed by atoms with Crippen LogP contribution < -0.4 is 4.90 Å². The standard InChI is InChI=1S/C29H34FN3O2/c30-23-8-10-24(11-9-23)32-15-13-31(14-16-32)18-20-5-12-25-21(17-20)6-7-22-19-33(29(35)28(22)25)26-3-1-2-4-27(26)34/h5-12,17,25-28,34H,1-4,13-16,18-19H2/t25?,26-,27-,28?/m0/s1. The third-order valence-corrected chi connectivity index (χ3v) is 8.47. The number of aliphatic hydroxyl groups excluding tert-OH is 1. The molecule has 5 nitrogen and oxygen atoms in total. The average Bonchev–Trinajstić information content (AvgIpc) is 3.22. The van der Waals surface area contributed by atoms with Gasteiger partial charge >= 0.3 is 0 Å². The van der Waals surface area contributed by atoms with Crippen LogP contribution in [0, 0.1) is 17.7 Å². The smallest absolute Gasteiger partial charge is 0.231 e. The Bertz CT molecular complexity index is 1100. The molecule has 0 bridgehead atoms. The first kappa shape index (κ1) is 22.7. The van der Waals surface area contributed by atoms with Gasteiger partial charge in [0.05, 0.1) is 18.1 Å². The van der Waals surface area contributed by atoms with Crippen molar-refractivity contribution >= 4 is 11.6 Å². The summed E-state index contributed by atoms with van der Waals surface area (Å²) in [5.74, 6) is -0.0137. The van der Waals surface area contributed by atoms with Crippen molar-refractivity contribution in [2.75, 3.05) is 44.2 Å². The van der Waals surface area contributed by atoms with E-state index in [9.17, 15) is 14.3 Å². The van der Waals surface area contributed by atoms with E-state index < -0.39 is 6.10 Å². The van der Waals surface area contributed by atoms with Gasteiger partial charge in [0.2, 0.25) is 5.91 Å². The Labute approximate surface area is 206 Å². The monoisotopic (exact) mass is 475 g/mol. The zero-order valence-electron chi connectivity index (χ0n) is 20.2. The minimum atomic E-state index is -0.391. The zero-order valence-corrected chi connectivity index (χ0v) is 20.2. The molecule has 35 heavy (non-hydrogen) atoms. The van der Waals surface area contributed by atoms with Gasteiger partial charge in [0.15, 0.2) is 0 Å². The first-order valence-electron chi connectivity index (χ1n) is 13.1. The van der Waals surface area contributed by atoms with Crippen LogP contribution in [0.5, 0.6) is 0 Å². The van der Waals surface area contributed by atoms with Gasteiger partial charge in [-0.05, 0) is 53.8 Å². The number of benzene rings is 1. The summed E-state index contributed by atoms with van der Waals surface area (Å²) in [5, 5.41) is 10.5. The van der Waals surface area contributed by atoms with Crippen LogP contribution >= 0.6 is 0 Å². The molecule has 1 aromatic carbocycles. The average molecular weight is 476 g/mol. The molecule has 5 aliphatic rings. The lowest BCUT2D eigenvalue weighted by Crippen LogP contribution is -2.47. The molecule has 1 amide bonds. The van der Waals surface area contributed by atoms with Crippen molar-refractivity contribution in [3.05, 3.63) is 77.2 Å². The second-order valence-electron chi connectivity index (χ2n) is 10.6. The number of allylic oxidation sites excluding steroid dienone is 5. The number of rotatable bonds is 4. The molecule has 1 aromatic rings. The number of carbonyl (C=O) groups excluding carboxylic acids is 1. The molecule has 3 fully saturated rings. The highest BCUT2D eigenvalue weighted by molar-refractivity contribution is 5.88. The highest BCUT2D eigenvalue weighted by Gasteiger charge is 2.46. The second kappa shape index (κ2) is 9.40. The molecule has 6 heteroatoms. The number of anilines is 1. The quantitative estimate of drug-likeness (QED) is 0.722. The number of nitrogens with zero attached hydrogens (tertiary/aromatic N) is 3. The Morgan fingerprint density at radius 1 is 1.00 bits per heavy atom. The zero-order chi connectivity index (χ0) is 23.9. The number of hydrogen-bond acceptors (Lipinski definition) is 4. The molecule has 3 aliphatic carbocycles. The third-order valence-electron chi connectivity index (χ3n) is 8.47.